The number of benzene rings is 1. The largest absolute Gasteiger partial charge is 0.435 e. The van der Waals surface area contributed by atoms with Crippen LogP contribution in [0.2, 0.25) is 0 Å². The fourth-order valence-electron chi connectivity index (χ4n) is 2.63. The van der Waals surface area contributed by atoms with Gasteiger partial charge in [-0.05, 0) is 38.0 Å². The zero-order valence-electron chi connectivity index (χ0n) is 15.9. The number of aryl methyl sites for hydroxylation is 1. The first-order valence-electron chi connectivity index (χ1n) is 8.85. The maximum absolute atomic E-state index is 12.2. The molecule has 0 aliphatic rings. The minimum absolute atomic E-state index is 0.0507. The molecule has 0 aliphatic carbocycles. The lowest BCUT2D eigenvalue weighted by Gasteiger charge is -2.25. The number of rotatable bonds is 10. The molecule has 0 spiro atoms. The van der Waals surface area contributed by atoms with E-state index in [1.54, 1.807) is 23.0 Å². The van der Waals surface area contributed by atoms with Gasteiger partial charge in [0.05, 0.1) is 12.7 Å². The molecule has 0 saturated heterocycles. The maximum atomic E-state index is 12.2. The highest BCUT2D eigenvalue weighted by atomic mass is 19.3. The number of carbonyl (C=O) groups excluding carboxylic acids is 1. The summed E-state index contributed by atoms with van der Waals surface area (Å²) in [5.74, 6) is 0.0750. The third-order valence-corrected chi connectivity index (χ3v) is 4.11. The van der Waals surface area contributed by atoms with E-state index in [1.807, 2.05) is 27.1 Å². The molecule has 6 nitrogen and oxygen atoms in total. The molecule has 1 aromatic heterocycles. The second kappa shape index (κ2) is 10.0. The van der Waals surface area contributed by atoms with E-state index in [1.165, 1.54) is 12.1 Å². The Kier molecular flexibility index (Phi) is 7.72. The smallest absolute Gasteiger partial charge is 0.387 e. The zero-order chi connectivity index (χ0) is 19.8. The molecule has 1 amide bonds. The summed E-state index contributed by atoms with van der Waals surface area (Å²) in [6.07, 6.45) is 4.36. The lowest BCUT2D eigenvalue weighted by molar-refractivity contribution is -0.122. The Hall–Kier alpha value is -2.48. The van der Waals surface area contributed by atoms with Gasteiger partial charge in [0, 0.05) is 37.9 Å². The molecule has 0 saturated carbocycles. The van der Waals surface area contributed by atoms with Crippen LogP contribution in [0.5, 0.6) is 5.75 Å². The van der Waals surface area contributed by atoms with E-state index in [9.17, 15) is 13.6 Å². The van der Waals surface area contributed by atoms with Crippen molar-refractivity contribution < 1.29 is 18.3 Å². The number of carbonyl (C=O) groups is 1. The SMILES string of the molecule is CC(C)N(CC(=O)NCCc1ccc(OC(F)F)cc1)Cc1cnn(C)c1. The summed E-state index contributed by atoms with van der Waals surface area (Å²) in [6.45, 7) is 2.70. The van der Waals surface area contributed by atoms with Crippen molar-refractivity contribution in [2.75, 3.05) is 13.1 Å². The summed E-state index contributed by atoms with van der Waals surface area (Å²) in [5, 5.41) is 7.05. The highest BCUT2D eigenvalue weighted by molar-refractivity contribution is 5.78. The molecule has 0 fully saturated rings. The van der Waals surface area contributed by atoms with Crippen molar-refractivity contribution in [3.63, 3.8) is 0 Å². The Bertz CT molecular complexity index is 717. The van der Waals surface area contributed by atoms with Crippen LogP contribution in [0.25, 0.3) is 0 Å². The van der Waals surface area contributed by atoms with E-state index in [0.717, 1.165) is 11.1 Å². The van der Waals surface area contributed by atoms with Crippen LogP contribution in [-0.2, 0) is 24.8 Å². The van der Waals surface area contributed by atoms with Crippen LogP contribution in [0.15, 0.2) is 36.7 Å². The van der Waals surface area contributed by atoms with Crippen molar-refractivity contribution in [2.45, 2.75) is 39.5 Å². The molecule has 1 heterocycles. The van der Waals surface area contributed by atoms with Crippen LogP contribution in [-0.4, -0.2) is 46.3 Å². The van der Waals surface area contributed by atoms with Crippen LogP contribution >= 0.6 is 0 Å². The Balaban J connectivity index is 1.76. The standard InChI is InChI=1S/C19H26F2N4O2/c1-14(2)25(12-16-10-23-24(3)11-16)13-18(26)22-9-8-15-4-6-17(7-5-15)27-19(20)21/h4-7,10-11,14,19H,8-9,12-13H2,1-3H3,(H,22,26). The molecule has 1 N–H and O–H groups in total. The summed E-state index contributed by atoms with van der Waals surface area (Å²) in [4.78, 5) is 14.3. The van der Waals surface area contributed by atoms with Gasteiger partial charge in [0.1, 0.15) is 5.75 Å². The minimum Gasteiger partial charge on any atom is -0.435 e. The second-order valence-electron chi connectivity index (χ2n) is 6.64. The first-order valence-corrected chi connectivity index (χ1v) is 8.85. The molecule has 148 valence electrons. The number of aromatic nitrogens is 2. The van der Waals surface area contributed by atoms with Crippen LogP contribution < -0.4 is 10.1 Å². The molecule has 27 heavy (non-hydrogen) atoms. The number of amides is 1. The van der Waals surface area contributed by atoms with E-state index in [2.05, 4.69) is 20.1 Å². The van der Waals surface area contributed by atoms with E-state index < -0.39 is 6.61 Å². The first-order chi connectivity index (χ1) is 12.8. The quantitative estimate of drug-likeness (QED) is 0.688. The molecule has 0 bridgehead atoms. The number of hydrogen-bond donors (Lipinski definition) is 1. The normalized spacial score (nSPS) is 11.4. The molecule has 0 aliphatic heterocycles. The number of ether oxygens (including phenoxy) is 1. The van der Waals surface area contributed by atoms with Gasteiger partial charge < -0.3 is 10.1 Å². The lowest BCUT2D eigenvalue weighted by atomic mass is 10.1. The van der Waals surface area contributed by atoms with Crippen molar-refractivity contribution >= 4 is 5.91 Å². The molecular formula is C19H26F2N4O2. The number of nitrogens with one attached hydrogen (secondary N) is 1. The number of halogens is 2. The summed E-state index contributed by atoms with van der Waals surface area (Å²) < 4.78 is 30.3. The van der Waals surface area contributed by atoms with Gasteiger partial charge in [-0.15, -0.1) is 0 Å². The molecule has 8 heteroatoms. The van der Waals surface area contributed by atoms with Crippen LogP contribution in [0, 0.1) is 0 Å². The lowest BCUT2D eigenvalue weighted by Crippen LogP contribution is -2.40. The van der Waals surface area contributed by atoms with Gasteiger partial charge in [-0.1, -0.05) is 12.1 Å². The van der Waals surface area contributed by atoms with Crippen molar-refractivity contribution in [3.8, 4) is 5.75 Å². The summed E-state index contributed by atoms with van der Waals surface area (Å²) >= 11 is 0. The second-order valence-corrected chi connectivity index (χ2v) is 6.64. The minimum atomic E-state index is -2.83. The summed E-state index contributed by atoms with van der Waals surface area (Å²) in [7, 11) is 1.86. The monoisotopic (exact) mass is 380 g/mol. The number of nitrogens with zero attached hydrogens (tertiary/aromatic N) is 3. The molecule has 0 unspecified atom stereocenters. The van der Waals surface area contributed by atoms with Gasteiger partial charge in [0.25, 0.3) is 0 Å². The van der Waals surface area contributed by atoms with Crippen LogP contribution in [0.4, 0.5) is 8.78 Å². The molecule has 0 radical (unpaired) electrons. The average molecular weight is 380 g/mol. The van der Waals surface area contributed by atoms with E-state index in [4.69, 9.17) is 0 Å². The van der Waals surface area contributed by atoms with Crippen molar-refractivity contribution in [3.05, 3.63) is 47.8 Å². The number of alkyl halides is 2. The van der Waals surface area contributed by atoms with Gasteiger partial charge >= 0.3 is 6.61 Å². The van der Waals surface area contributed by atoms with E-state index in [-0.39, 0.29) is 17.7 Å². The third-order valence-electron chi connectivity index (χ3n) is 4.11. The van der Waals surface area contributed by atoms with E-state index >= 15 is 0 Å². The number of hydrogen-bond acceptors (Lipinski definition) is 4. The van der Waals surface area contributed by atoms with Gasteiger partial charge in [0.15, 0.2) is 0 Å². The Morgan fingerprint density at radius 2 is 1.96 bits per heavy atom. The Morgan fingerprint density at radius 3 is 2.52 bits per heavy atom. The van der Waals surface area contributed by atoms with Crippen molar-refractivity contribution in [1.29, 1.82) is 0 Å². The Labute approximate surface area is 158 Å². The van der Waals surface area contributed by atoms with Crippen molar-refractivity contribution in [2.24, 2.45) is 7.05 Å². The predicted molar refractivity (Wildman–Crippen MR) is 98.5 cm³/mol. The van der Waals surface area contributed by atoms with Crippen molar-refractivity contribution in [1.82, 2.24) is 20.0 Å². The Morgan fingerprint density at radius 1 is 1.26 bits per heavy atom. The topological polar surface area (TPSA) is 59.4 Å². The molecule has 0 atom stereocenters. The molecule has 2 aromatic rings. The first kappa shape index (κ1) is 20.8. The van der Waals surface area contributed by atoms with E-state index in [0.29, 0.717) is 26.1 Å². The molecule has 2 rings (SSSR count). The molecule has 1 aromatic carbocycles. The molecular weight excluding hydrogens is 354 g/mol. The summed E-state index contributed by atoms with van der Waals surface area (Å²) in [5.41, 5.74) is 2.00. The van der Waals surface area contributed by atoms with Gasteiger partial charge in [-0.3, -0.25) is 14.4 Å². The summed E-state index contributed by atoms with van der Waals surface area (Å²) in [6, 6.07) is 6.65. The zero-order valence-corrected chi connectivity index (χ0v) is 15.9. The maximum Gasteiger partial charge on any atom is 0.387 e. The van der Waals surface area contributed by atoms with Gasteiger partial charge in [-0.2, -0.15) is 13.9 Å². The fourth-order valence-corrected chi connectivity index (χ4v) is 2.63. The van der Waals surface area contributed by atoms with Gasteiger partial charge in [-0.25, -0.2) is 0 Å². The average Bonchev–Trinajstić information content (AvgIpc) is 3.00. The highest BCUT2D eigenvalue weighted by Crippen LogP contribution is 2.15. The third kappa shape index (κ3) is 7.34. The predicted octanol–water partition coefficient (Wildman–Crippen LogP) is 2.59. The fraction of sp³-hybridized carbons (Fsp3) is 0.474. The van der Waals surface area contributed by atoms with Crippen LogP contribution in [0.3, 0.4) is 0 Å². The van der Waals surface area contributed by atoms with Gasteiger partial charge in [0.2, 0.25) is 5.91 Å². The highest BCUT2D eigenvalue weighted by Gasteiger charge is 2.15. The van der Waals surface area contributed by atoms with Crippen LogP contribution in [0.1, 0.15) is 25.0 Å².